The van der Waals surface area contributed by atoms with Crippen LogP contribution in [0.25, 0.3) is 0 Å². The van der Waals surface area contributed by atoms with Gasteiger partial charge < -0.3 is 4.74 Å². The molecule has 0 amide bonds. The predicted molar refractivity (Wildman–Crippen MR) is 74.6 cm³/mol. The van der Waals surface area contributed by atoms with Crippen LogP contribution in [0.15, 0.2) is 0 Å². The van der Waals surface area contributed by atoms with E-state index in [0.717, 1.165) is 6.42 Å². The van der Waals surface area contributed by atoms with Crippen LogP contribution in [0.1, 0.15) is 27.2 Å². The van der Waals surface area contributed by atoms with Crippen molar-refractivity contribution >= 4 is 15.8 Å². The lowest BCUT2D eigenvalue weighted by Crippen LogP contribution is -2.53. The third kappa shape index (κ3) is 1.81. The number of fused-ring (bicyclic) bond motifs is 2. The number of Topliss-reactive ketones (excluding diaryl/α,β-unsaturated/α-hetero) is 1. The summed E-state index contributed by atoms with van der Waals surface area (Å²) in [5.41, 5.74) is -0.0808. The molecule has 6 heteroatoms. The Hall–Kier alpha value is -0.460. The zero-order valence-electron chi connectivity index (χ0n) is 12.3. The quantitative estimate of drug-likeness (QED) is 0.760. The molecule has 2 bridgehead atoms. The van der Waals surface area contributed by atoms with Gasteiger partial charge in [0.1, 0.15) is 5.25 Å². The Bertz CT molecular complexity index is 521. The van der Waals surface area contributed by atoms with E-state index >= 15 is 0 Å². The van der Waals surface area contributed by atoms with Crippen LogP contribution in [0.2, 0.25) is 0 Å². The van der Waals surface area contributed by atoms with E-state index in [9.17, 15) is 13.2 Å². The fourth-order valence-electron chi connectivity index (χ4n) is 4.24. The Morgan fingerprint density at radius 3 is 2.40 bits per heavy atom. The second-order valence-corrected chi connectivity index (χ2v) is 8.99. The van der Waals surface area contributed by atoms with E-state index in [-0.39, 0.29) is 29.0 Å². The SMILES string of the molecule is C[C@H]1[C@H]2C[C@@H]([C@H](S(=O)(=O)N3CCOCC3)C2=O)C1(C)C. The van der Waals surface area contributed by atoms with Gasteiger partial charge in [0.25, 0.3) is 0 Å². The average molecular weight is 301 g/mol. The van der Waals surface area contributed by atoms with Gasteiger partial charge in [-0.25, -0.2) is 8.42 Å². The van der Waals surface area contributed by atoms with Gasteiger partial charge in [-0.3, -0.25) is 4.79 Å². The maximum atomic E-state index is 12.8. The molecule has 0 aromatic carbocycles. The van der Waals surface area contributed by atoms with Crippen molar-refractivity contribution in [3.8, 4) is 0 Å². The van der Waals surface area contributed by atoms with E-state index < -0.39 is 15.3 Å². The van der Waals surface area contributed by atoms with Crippen molar-refractivity contribution in [1.82, 2.24) is 4.31 Å². The Morgan fingerprint density at radius 1 is 1.25 bits per heavy atom. The zero-order valence-corrected chi connectivity index (χ0v) is 13.1. The van der Waals surface area contributed by atoms with Gasteiger partial charge in [0.05, 0.1) is 13.2 Å². The first-order valence-corrected chi connectivity index (χ1v) is 8.88. The van der Waals surface area contributed by atoms with Crippen LogP contribution in [-0.2, 0) is 19.6 Å². The number of ketones is 1. The Morgan fingerprint density at radius 2 is 1.85 bits per heavy atom. The lowest BCUT2D eigenvalue weighted by molar-refractivity contribution is -0.125. The van der Waals surface area contributed by atoms with E-state index in [4.69, 9.17) is 4.74 Å². The molecular weight excluding hydrogens is 278 g/mol. The maximum absolute atomic E-state index is 12.8. The Labute approximate surface area is 120 Å². The summed E-state index contributed by atoms with van der Waals surface area (Å²) >= 11 is 0. The number of nitrogens with zero attached hydrogens (tertiary/aromatic N) is 1. The highest BCUT2D eigenvalue weighted by atomic mass is 32.2. The first-order chi connectivity index (χ1) is 9.28. The van der Waals surface area contributed by atoms with Crippen LogP contribution in [0.4, 0.5) is 0 Å². The molecule has 1 heterocycles. The van der Waals surface area contributed by atoms with Crippen LogP contribution in [0, 0.1) is 23.2 Å². The highest BCUT2D eigenvalue weighted by Crippen LogP contribution is 2.59. The molecule has 0 aromatic heterocycles. The molecule has 0 radical (unpaired) electrons. The van der Waals surface area contributed by atoms with Gasteiger partial charge in [-0.05, 0) is 23.7 Å². The molecule has 0 spiro atoms. The summed E-state index contributed by atoms with van der Waals surface area (Å²) in [4.78, 5) is 12.5. The maximum Gasteiger partial charge on any atom is 0.224 e. The zero-order chi connectivity index (χ0) is 14.7. The number of hydrogen-bond donors (Lipinski definition) is 0. The number of hydrogen-bond acceptors (Lipinski definition) is 4. The minimum atomic E-state index is -3.53. The van der Waals surface area contributed by atoms with Crippen LogP contribution in [-0.4, -0.2) is 50.1 Å². The van der Waals surface area contributed by atoms with E-state index in [0.29, 0.717) is 26.3 Å². The summed E-state index contributed by atoms with van der Waals surface area (Å²) in [7, 11) is -3.53. The van der Waals surface area contributed by atoms with E-state index in [1.165, 1.54) is 4.31 Å². The summed E-state index contributed by atoms with van der Waals surface area (Å²) in [5.74, 6) is 0.114. The van der Waals surface area contributed by atoms with Crippen molar-refractivity contribution in [3.05, 3.63) is 0 Å². The van der Waals surface area contributed by atoms with Crippen molar-refractivity contribution < 1.29 is 17.9 Å². The molecule has 5 nitrogen and oxygen atoms in total. The van der Waals surface area contributed by atoms with E-state index in [1.807, 2.05) is 0 Å². The lowest BCUT2D eigenvalue weighted by Gasteiger charge is -2.41. The van der Waals surface area contributed by atoms with Crippen LogP contribution >= 0.6 is 0 Å². The highest BCUT2D eigenvalue weighted by Gasteiger charge is 2.64. The van der Waals surface area contributed by atoms with E-state index in [2.05, 4.69) is 20.8 Å². The van der Waals surface area contributed by atoms with Gasteiger partial charge in [0.15, 0.2) is 5.78 Å². The summed E-state index contributed by atoms with van der Waals surface area (Å²) in [5, 5.41) is -0.822. The number of carbonyl (C=O) groups is 1. The molecule has 2 saturated carbocycles. The first-order valence-electron chi connectivity index (χ1n) is 7.38. The van der Waals surface area contributed by atoms with Gasteiger partial charge in [-0.2, -0.15) is 4.31 Å². The molecular formula is C14H23NO4S. The molecule has 4 atom stereocenters. The van der Waals surface area contributed by atoms with Gasteiger partial charge in [0.2, 0.25) is 10.0 Å². The number of morpholine rings is 1. The lowest BCUT2D eigenvalue weighted by atomic mass is 9.69. The molecule has 0 N–H and O–H groups in total. The minimum absolute atomic E-state index is 0.0390. The van der Waals surface area contributed by atoms with Gasteiger partial charge in [0, 0.05) is 19.0 Å². The van der Waals surface area contributed by atoms with Crippen molar-refractivity contribution in [2.24, 2.45) is 23.2 Å². The van der Waals surface area contributed by atoms with Crippen molar-refractivity contribution in [1.29, 1.82) is 0 Å². The van der Waals surface area contributed by atoms with Gasteiger partial charge in [-0.1, -0.05) is 20.8 Å². The van der Waals surface area contributed by atoms with Crippen molar-refractivity contribution in [2.75, 3.05) is 26.3 Å². The monoisotopic (exact) mass is 301 g/mol. The summed E-state index contributed by atoms with van der Waals surface area (Å²) < 4.78 is 32.3. The number of ether oxygens (including phenoxy) is 1. The molecule has 1 saturated heterocycles. The molecule has 2 aliphatic carbocycles. The summed E-state index contributed by atoms with van der Waals surface area (Å²) in [6.45, 7) is 7.90. The molecule has 20 heavy (non-hydrogen) atoms. The van der Waals surface area contributed by atoms with Gasteiger partial charge in [-0.15, -0.1) is 0 Å². The largest absolute Gasteiger partial charge is 0.379 e. The molecule has 0 unspecified atom stereocenters. The third-order valence-corrected chi connectivity index (χ3v) is 8.19. The molecule has 3 rings (SSSR count). The second kappa shape index (κ2) is 4.52. The van der Waals surface area contributed by atoms with Crippen LogP contribution in [0.5, 0.6) is 0 Å². The highest BCUT2D eigenvalue weighted by molar-refractivity contribution is 7.90. The topological polar surface area (TPSA) is 63.7 Å². The van der Waals surface area contributed by atoms with Gasteiger partial charge >= 0.3 is 0 Å². The standard InChI is InChI=1S/C14H23NO4S/c1-9-10-8-11(14(9,2)3)13(12(10)16)20(17,18)15-4-6-19-7-5-15/h9-11,13H,4-8H2,1-3H3/t9-,10+,11-,13-/m0/s1. The normalized spacial score (nSPS) is 41.2. The molecule has 3 aliphatic rings. The molecule has 3 fully saturated rings. The fraction of sp³-hybridized carbons (Fsp3) is 0.929. The second-order valence-electron chi connectivity index (χ2n) is 6.94. The minimum Gasteiger partial charge on any atom is -0.379 e. The number of sulfonamides is 1. The first kappa shape index (κ1) is 14.5. The van der Waals surface area contributed by atoms with Crippen molar-refractivity contribution in [3.63, 3.8) is 0 Å². The Kier molecular flexibility index (Phi) is 3.27. The molecule has 1 aliphatic heterocycles. The molecule has 114 valence electrons. The van der Waals surface area contributed by atoms with Crippen LogP contribution in [0.3, 0.4) is 0 Å². The van der Waals surface area contributed by atoms with Crippen LogP contribution < -0.4 is 0 Å². The Balaban J connectivity index is 1.93. The number of rotatable bonds is 2. The summed E-state index contributed by atoms with van der Waals surface area (Å²) in [6.07, 6.45) is 0.737. The summed E-state index contributed by atoms with van der Waals surface area (Å²) in [6, 6.07) is 0. The average Bonchev–Trinajstić information content (AvgIpc) is 2.86. The smallest absolute Gasteiger partial charge is 0.224 e. The third-order valence-electron chi connectivity index (χ3n) is 5.90. The number of carbonyl (C=O) groups excluding carboxylic acids is 1. The fourth-order valence-corrected chi connectivity index (χ4v) is 6.56. The molecule has 0 aromatic rings. The van der Waals surface area contributed by atoms with Crippen molar-refractivity contribution in [2.45, 2.75) is 32.4 Å². The predicted octanol–water partition coefficient (Wildman–Crippen LogP) is 0.898. The van der Waals surface area contributed by atoms with E-state index in [1.54, 1.807) is 0 Å².